The highest BCUT2D eigenvalue weighted by Crippen LogP contribution is 2.30. The van der Waals surface area contributed by atoms with Crippen LogP contribution in [0, 0.1) is 0 Å². The topological polar surface area (TPSA) is 52.7 Å². The van der Waals surface area contributed by atoms with Crippen LogP contribution in [0.1, 0.15) is 34.8 Å². The molecule has 2 aromatic carbocycles. The van der Waals surface area contributed by atoms with Crippen LogP contribution < -0.4 is 15.1 Å². The van der Waals surface area contributed by atoms with Crippen LogP contribution in [0.4, 0.5) is 11.4 Å². The highest BCUT2D eigenvalue weighted by atomic mass is 16.2. The van der Waals surface area contributed by atoms with Crippen molar-refractivity contribution in [1.82, 2.24) is 5.32 Å². The Kier molecular flexibility index (Phi) is 4.15. The summed E-state index contributed by atoms with van der Waals surface area (Å²) in [6.07, 6.45) is 1.36. The second kappa shape index (κ2) is 6.48. The van der Waals surface area contributed by atoms with Crippen LogP contribution in [-0.2, 0) is 17.8 Å². The third-order valence-corrected chi connectivity index (χ3v) is 5.22. The fourth-order valence-corrected chi connectivity index (χ4v) is 3.90. The minimum atomic E-state index is -0.0128. The van der Waals surface area contributed by atoms with Crippen LogP contribution in [0.3, 0.4) is 0 Å². The molecule has 0 radical (unpaired) electrons. The van der Waals surface area contributed by atoms with Crippen molar-refractivity contribution in [3.8, 4) is 0 Å². The van der Waals surface area contributed by atoms with Gasteiger partial charge in [0.1, 0.15) is 0 Å². The standard InChI is InChI=1S/C21H23N3O2/c1-14-12-24(19-6-4-3-5-17(19)21(26)22-14)13-15-7-9-18-16(11-15)8-10-20(25)23(18)2/h3-7,9,11,14H,8,10,12-13H2,1-2H3,(H,22,26). The van der Waals surface area contributed by atoms with E-state index in [0.717, 1.165) is 36.4 Å². The number of carbonyl (C=O) groups excluding carboxylic acids is 2. The van der Waals surface area contributed by atoms with Gasteiger partial charge < -0.3 is 15.1 Å². The van der Waals surface area contributed by atoms with Gasteiger partial charge in [0.15, 0.2) is 0 Å². The summed E-state index contributed by atoms with van der Waals surface area (Å²) in [4.78, 5) is 28.3. The molecule has 0 bridgehead atoms. The van der Waals surface area contributed by atoms with Gasteiger partial charge in [0.25, 0.3) is 5.91 Å². The third-order valence-electron chi connectivity index (χ3n) is 5.22. The lowest BCUT2D eigenvalue weighted by Gasteiger charge is -2.29. The van der Waals surface area contributed by atoms with E-state index >= 15 is 0 Å². The minimum absolute atomic E-state index is 0.0128. The number of amides is 2. The lowest BCUT2D eigenvalue weighted by Crippen LogP contribution is -2.38. The Morgan fingerprint density at radius 3 is 2.73 bits per heavy atom. The average molecular weight is 349 g/mol. The van der Waals surface area contributed by atoms with Gasteiger partial charge in [0.2, 0.25) is 5.91 Å². The molecule has 0 saturated carbocycles. The highest BCUT2D eigenvalue weighted by Gasteiger charge is 2.25. The SMILES string of the molecule is CC1CN(Cc2ccc3c(c2)CCC(=O)N3C)c2ccccc2C(=O)N1. The van der Waals surface area contributed by atoms with Gasteiger partial charge in [0.05, 0.1) is 5.56 Å². The van der Waals surface area contributed by atoms with Crippen LogP contribution in [0.2, 0.25) is 0 Å². The van der Waals surface area contributed by atoms with Gasteiger partial charge in [0, 0.05) is 44.0 Å². The number of para-hydroxylation sites is 1. The average Bonchev–Trinajstić information content (AvgIpc) is 2.75. The first kappa shape index (κ1) is 16.6. The van der Waals surface area contributed by atoms with Gasteiger partial charge in [-0.3, -0.25) is 9.59 Å². The molecule has 5 heteroatoms. The van der Waals surface area contributed by atoms with Crippen molar-refractivity contribution in [3.05, 3.63) is 59.2 Å². The summed E-state index contributed by atoms with van der Waals surface area (Å²) in [5.41, 5.74) is 5.11. The molecule has 4 rings (SSSR count). The number of rotatable bonds is 2. The van der Waals surface area contributed by atoms with Crippen molar-refractivity contribution >= 4 is 23.2 Å². The maximum absolute atomic E-state index is 12.4. The van der Waals surface area contributed by atoms with E-state index < -0.39 is 0 Å². The molecule has 2 heterocycles. The van der Waals surface area contributed by atoms with Crippen molar-refractivity contribution in [2.24, 2.45) is 0 Å². The normalized spacial score (nSPS) is 19.5. The number of hydrogen-bond acceptors (Lipinski definition) is 3. The lowest BCUT2D eigenvalue weighted by molar-refractivity contribution is -0.118. The zero-order valence-corrected chi connectivity index (χ0v) is 15.2. The summed E-state index contributed by atoms with van der Waals surface area (Å²) in [6, 6.07) is 14.2. The molecule has 2 aliphatic heterocycles. The van der Waals surface area contributed by atoms with E-state index in [2.05, 4.69) is 22.3 Å². The van der Waals surface area contributed by atoms with E-state index in [0.29, 0.717) is 6.42 Å². The molecule has 1 atom stereocenters. The number of aryl methyl sites for hydroxylation is 1. The van der Waals surface area contributed by atoms with Crippen molar-refractivity contribution in [2.75, 3.05) is 23.4 Å². The first-order valence-corrected chi connectivity index (χ1v) is 9.06. The molecule has 5 nitrogen and oxygen atoms in total. The molecule has 134 valence electrons. The number of hydrogen-bond donors (Lipinski definition) is 1. The van der Waals surface area contributed by atoms with Crippen LogP contribution in [0.15, 0.2) is 42.5 Å². The largest absolute Gasteiger partial charge is 0.365 e. The lowest BCUT2D eigenvalue weighted by atomic mass is 9.99. The molecule has 0 aromatic heterocycles. The highest BCUT2D eigenvalue weighted by molar-refractivity contribution is 6.00. The smallest absolute Gasteiger partial charge is 0.253 e. The molecule has 2 aliphatic rings. The van der Waals surface area contributed by atoms with Gasteiger partial charge >= 0.3 is 0 Å². The Balaban J connectivity index is 1.65. The maximum atomic E-state index is 12.4. The zero-order valence-electron chi connectivity index (χ0n) is 15.2. The molecule has 2 amide bonds. The monoisotopic (exact) mass is 349 g/mol. The number of benzene rings is 2. The number of nitrogens with zero attached hydrogens (tertiary/aromatic N) is 2. The molecule has 1 unspecified atom stereocenters. The summed E-state index contributed by atoms with van der Waals surface area (Å²) in [5, 5.41) is 3.05. The Labute approximate surface area is 153 Å². The molecule has 0 spiro atoms. The Morgan fingerprint density at radius 2 is 1.88 bits per heavy atom. The van der Waals surface area contributed by atoms with E-state index in [1.165, 1.54) is 11.1 Å². The molecule has 0 saturated heterocycles. The Bertz CT molecular complexity index is 877. The van der Waals surface area contributed by atoms with Crippen molar-refractivity contribution in [3.63, 3.8) is 0 Å². The number of carbonyl (C=O) groups is 2. The molecule has 1 N–H and O–H groups in total. The van der Waals surface area contributed by atoms with Crippen molar-refractivity contribution in [1.29, 1.82) is 0 Å². The molecule has 0 aliphatic carbocycles. The second-order valence-electron chi connectivity index (χ2n) is 7.19. The fourth-order valence-electron chi connectivity index (χ4n) is 3.90. The van der Waals surface area contributed by atoms with E-state index in [-0.39, 0.29) is 17.9 Å². The van der Waals surface area contributed by atoms with Gasteiger partial charge in [-0.1, -0.05) is 24.3 Å². The third kappa shape index (κ3) is 2.94. The van der Waals surface area contributed by atoms with Crippen molar-refractivity contribution < 1.29 is 9.59 Å². The number of anilines is 2. The Hall–Kier alpha value is -2.82. The summed E-state index contributed by atoms with van der Waals surface area (Å²) in [7, 11) is 1.84. The summed E-state index contributed by atoms with van der Waals surface area (Å²) < 4.78 is 0. The van der Waals surface area contributed by atoms with Crippen LogP contribution in [0.5, 0.6) is 0 Å². The predicted molar refractivity (Wildman–Crippen MR) is 103 cm³/mol. The van der Waals surface area contributed by atoms with Crippen LogP contribution in [0.25, 0.3) is 0 Å². The Morgan fingerprint density at radius 1 is 1.08 bits per heavy atom. The van der Waals surface area contributed by atoms with Gasteiger partial charge in [-0.2, -0.15) is 0 Å². The summed E-state index contributed by atoms with van der Waals surface area (Å²) in [6.45, 7) is 3.53. The van der Waals surface area contributed by atoms with Gasteiger partial charge in [-0.15, -0.1) is 0 Å². The molecule has 2 aromatic rings. The first-order chi connectivity index (χ1) is 12.5. The predicted octanol–water partition coefficient (Wildman–Crippen LogP) is 2.73. The van der Waals surface area contributed by atoms with Crippen molar-refractivity contribution in [2.45, 2.75) is 32.4 Å². The van der Waals surface area contributed by atoms with E-state index in [4.69, 9.17) is 0 Å². The maximum Gasteiger partial charge on any atom is 0.253 e. The van der Waals surface area contributed by atoms with E-state index in [1.807, 2.05) is 44.3 Å². The molecule has 0 fully saturated rings. The zero-order chi connectivity index (χ0) is 18.3. The number of fused-ring (bicyclic) bond motifs is 2. The van der Waals surface area contributed by atoms with Crippen LogP contribution >= 0.6 is 0 Å². The first-order valence-electron chi connectivity index (χ1n) is 9.06. The molecule has 26 heavy (non-hydrogen) atoms. The summed E-state index contributed by atoms with van der Waals surface area (Å²) >= 11 is 0. The second-order valence-corrected chi connectivity index (χ2v) is 7.19. The van der Waals surface area contributed by atoms with Gasteiger partial charge in [-0.05, 0) is 42.7 Å². The molecular weight excluding hydrogens is 326 g/mol. The number of nitrogens with one attached hydrogen (secondary N) is 1. The summed E-state index contributed by atoms with van der Waals surface area (Å²) in [5.74, 6) is 0.159. The minimum Gasteiger partial charge on any atom is -0.365 e. The quantitative estimate of drug-likeness (QED) is 0.907. The fraction of sp³-hybridized carbons (Fsp3) is 0.333. The van der Waals surface area contributed by atoms with Crippen LogP contribution in [-0.4, -0.2) is 31.4 Å². The molecular formula is C21H23N3O2. The van der Waals surface area contributed by atoms with E-state index in [9.17, 15) is 9.59 Å². The van der Waals surface area contributed by atoms with E-state index in [1.54, 1.807) is 4.90 Å². The van der Waals surface area contributed by atoms with Gasteiger partial charge in [-0.25, -0.2) is 0 Å².